The summed E-state index contributed by atoms with van der Waals surface area (Å²) in [4.78, 5) is 2.38. The van der Waals surface area contributed by atoms with Crippen LogP contribution in [0, 0.1) is 0 Å². The van der Waals surface area contributed by atoms with E-state index in [0.717, 1.165) is 25.5 Å². The highest BCUT2D eigenvalue weighted by Crippen LogP contribution is 2.14. The van der Waals surface area contributed by atoms with Crippen molar-refractivity contribution in [2.45, 2.75) is 39.1 Å². The summed E-state index contributed by atoms with van der Waals surface area (Å²) in [5.74, 6) is 0.903. The van der Waals surface area contributed by atoms with Crippen molar-refractivity contribution in [3.8, 4) is 0 Å². The zero-order chi connectivity index (χ0) is 14.7. The summed E-state index contributed by atoms with van der Waals surface area (Å²) in [7, 11) is 0. The number of tetrazole rings is 1. The van der Waals surface area contributed by atoms with E-state index in [1.54, 1.807) is 0 Å². The Morgan fingerprint density at radius 3 is 2.81 bits per heavy atom. The van der Waals surface area contributed by atoms with Crippen LogP contribution in [-0.2, 0) is 17.8 Å². The number of aromatic nitrogens is 4. The summed E-state index contributed by atoms with van der Waals surface area (Å²) in [6, 6.07) is 10.6. The van der Waals surface area contributed by atoms with Crippen molar-refractivity contribution in [3.63, 3.8) is 0 Å². The van der Waals surface area contributed by atoms with Crippen molar-refractivity contribution in [2.24, 2.45) is 0 Å². The molecule has 2 atom stereocenters. The van der Waals surface area contributed by atoms with E-state index in [1.165, 1.54) is 5.56 Å². The molecule has 0 spiro atoms. The average molecular weight is 287 g/mol. The van der Waals surface area contributed by atoms with Gasteiger partial charge in [0.15, 0.2) is 5.82 Å². The van der Waals surface area contributed by atoms with Gasteiger partial charge in [-0.2, -0.15) is 0 Å². The van der Waals surface area contributed by atoms with E-state index in [0.29, 0.717) is 12.6 Å². The number of hydrogen-bond acceptors (Lipinski definition) is 5. The van der Waals surface area contributed by atoms with E-state index < -0.39 is 0 Å². The Labute approximate surface area is 124 Å². The molecule has 3 rings (SSSR count). The van der Waals surface area contributed by atoms with Gasteiger partial charge in [-0.05, 0) is 29.8 Å². The van der Waals surface area contributed by atoms with Crippen LogP contribution in [0.25, 0.3) is 0 Å². The first-order valence-corrected chi connectivity index (χ1v) is 7.37. The van der Waals surface area contributed by atoms with Gasteiger partial charge >= 0.3 is 0 Å². The monoisotopic (exact) mass is 287 g/mol. The largest absolute Gasteiger partial charge is 0.376 e. The molecular formula is C15H21N5O. The molecule has 1 aromatic carbocycles. The summed E-state index contributed by atoms with van der Waals surface area (Å²) in [6.07, 6.45) is 0.264. The van der Waals surface area contributed by atoms with E-state index in [1.807, 2.05) is 22.9 Å². The van der Waals surface area contributed by atoms with Gasteiger partial charge in [-0.15, -0.1) is 5.10 Å². The van der Waals surface area contributed by atoms with E-state index >= 15 is 0 Å². The Kier molecular flexibility index (Phi) is 4.26. The molecule has 0 unspecified atom stereocenters. The van der Waals surface area contributed by atoms with Gasteiger partial charge in [0.05, 0.1) is 25.8 Å². The van der Waals surface area contributed by atoms with E-state index in [-0.39, 0.29) is 6.10 Å². The van der Waals surface area contributed by atoms with Crippen LogP contribution in [0.3, 0.4) is 0 Å². The number of morpholine rings is 1. The predicted molar refractivity (Wildman–Crippen MR) is 78.6 cm³/mol. The molecule has 0 amide bonds. The summed E-state index contributed by atoms with van der Waals surface area (Å²) in [5.41, 5.74) is 1.20. The second-order valence-electron chi connectivity index (χ2n) is 5.66. The molecule has 1 aromatic heterocycles. The van der Waals surface area contributed by atoms with E-state index in [9.17, 15) is 0 Å². The Balaban J connectivity index is 1.70. The highest BCUT2D eigenvalue weighted by atomic mass is 16.5. The van der Waals surface area contributed by atoms with E-state index in [2.05, 4.69) is 46.4 Å². The summed E-state index contributed by atoms with van der Waals surface area (Å²) in [5, 5.41) is 12.1. The minimum atomic E-state index is 0.264. The Hall–Kier alpha value is -1.79. The molecule has 6 heteroatoms. The molecule has 2 heterocycles. The quantitative estimate of drug-likeness (QED) is 0.849. The van der Waals surface area contributed by atoms with Gasteiger partial charge in [0.1, 0.15) is 0 Å². The maximum atomic E-state index is 5.67. The number of benzene rings is 1. The molecular weight excluding hydrogens is 266 g/mol. The predicted octanol–water partition coefficient (Wildman–Crippen LogP) is 1.33. The smallest absolute Gasteiger partial charge is 0.165 e. The lowest BCUT2D eigenvalue weighted by Gasteiger charge is -2.36. The third kappa shape index (κ3) is 3.46. The third-order valence-corrected chi connectivity index (χ3v) is 3.86. The SMILES string of the molecule is C[C@H]1CN(Cc2nnnn2Cc2ccccc2)[C@@H](C)CO1. The van der Waals surface area contributed by atoms with Gasteiger partial charge in [0.2, 0.25) is 0 Å². The van der Waals surface area contributed by atoms with Gasteiger partial charge in [0.25, 0.3) is 0 Å². The van der Waals surface area contributed by atoms with Gasteiger partial charge in [-0.25, -0.2) is 4.68 Å². The number of hydrogen-bond donors (Lipinski definition) is 0. The van der Waals surface area contributed by atoms with Gasteiger partial charge in [-0.1, -0.05) is 30.3 Å². The molecule has 1 fully saturated rings. The van der Waals surface area contributed by atoms with Crippen molar-refractivity contribution in [1.29, 1.82) is 0 Å². The zero-order valence-electron chi connectivity index (χ0n) is 12.5. The molecule has 0 N–H and O–H groups in total. The van der Waals surface area contributed by atoms with Crippen molar-refractivity contribution >= 4 is 0 Å². The van der Waals surface area contributed by atoms with Gasteiger partial charge in [0, 0.05) is 12.6 Å². The molecule has 0 aliphatic carbocycles. The highest BCUT2D eigenvalue weighted by molar-refractivity contribution is 5.14. The summed E-state index contributed by atoms with van der Waals surface area (Å²) >= 11 is 0. The Morgan fingerprint density at radius 1 is 1.19 bits per heavy atom. The zero-order valence-corrected chi connectivity index (χ0v) is 12.5. The van der Waals surface area contributed by atoms with E-state index in [4.69, 9.17) is 4.74 Å². The number of rotatable bonds is 4. The van der Waals surface area contributed by atoms with Crippen molar-refractivity contribution < 1.29 is 4.74 Å². The fraction of sp³-hybridized carbons (Fsp3) is 0.533. The maximum Gasteiger partial charge on any atom is 0.165 e. The molecule has 112 valence electrons. The lowest BCUT2D eigenvalue weighted by molar-refractivity contribution is -0.0538. The van der Waals surface area contributed by atoms with Crippen LogP contribution >= 0.6 is 0 Å². The minimum absolute atomic E-state index is 0.264. The third-order valence-electron chi connectivity index (χ3n) is 3.86. The molecule has 1 saturated heterocycles. The topological polar surface area (TPSA) is 56.1 Å². The van der Waals surface area contributed by atoms with Crippen LogP contribution in [0.1, 0.15) is 25.2 Å². The molecule has 0 saturated carbocycles. The van der Waals surface area contributed by atoms with Crippen LogP contribution in [0.5, 0.6) is 0 Å². The fourth-order valence-corrected chi connectivity index (χ4v) is 2.59. The second kappa shape index (κ2) is 6.32. The van der Waals surface area contributed by atoms with Crippen molar-refractivity contribution in [1.82, 2.24) is 25.1 Å². The Bertz CT molecular complexity index is 570. The fourth-order valence-electron chi connectivity index (χ4n) is 2.59. The number of nitrogens with zero attached hydrogens (tertiary/aromatic N) is 5. The number of ether oxygens (including phenoxy) is 1. The first-order chi connectivity index (χ1) is 10.2. The lowest BCUT2D eigenvalue weighted by Crippen LogP contribution is -2.47. The van der Waals surface area contributed by atoms with Crippen LogP contribution in [0.2, 0.25) is 0 Å². The molecule has 6 nitrogen and oxygen atoms in total. The standard InChI is InChI=1S/C15H21N5O/c1-12-11-21-13(2)8-19(12)10-15-16-17-18-20(15)9-14-6-4-3-5-7-14/h3-7,12-13H,8-11H2,1-2H3/t12-,13-/m0/s1. The van der Waals surface area contributed by atoms with Gasteiger partial charge < -0.3 is 4.74 Å². The maximum absolute atomic E-state index is 5.67. The van der Waals surface area contributed by atoms with Crippen LogP contribution in [0.15, 0.2) is 30.3 Å². The summed E-state index contributed by atoms with van der Waals surface area (Å²) < 4.78 is 7.54. The van der Waals surface area contributed by atoms with Crippen molar-refractivity contribution in [3.05, 3.63) is 41.7 Å². The second-order valence-corrected chi connectivity index (χ2v) is 5.66. The molecule has 0 bridgehead atoms. The summed E-state index contributed by atoms with van der Waals surface area (Å²) in [6.45, 7) is 7.43. The lowest BCUT2D eigenvalue weighted by atomic mass is 10.2. The van der Waals surface area contributed by atoms with Crippen LogP contribution in [-0.4, -0.2) is 50.4 Å². The molecule has 1 aliphatic heterocycles. The first kappa shape index (κ1) is 14.2. The van der Waals surface area contributed by atoms with Crippen LogP contribution in [0.4, 0.5) is 0 Å². The normalized spacial score (nSPS) is 23.3. The molecule has 21 heavy (non-hydrogen) atoms. The Morgan fingerprint density at radius 2 is 2.00 bits per heavy atom. The average Bonchev–Trinajstić information content (AvgIpc) is 2.91. The minimum Gasteiger partial charge on any atom is -0.376 e. The van der Waals surface area contributed by atoms with Crippen LogP contribution < -0.4 is 0 Å². The first-order valence-electron chi connectivity index (χ1n) is 7.37. The highest BCUT2D eigenvalue weighted by Gasteiger charge is 2.25. The molecule has 0 radical (unpaired) electrons. The molecule has 1 aliphatic rings. The van der Waals surface area contributed by atoms with Crippen molar-refractivity contribution in [2.75, 3.05) is 13.2 Å². The molecule has 2 aromatic rings. The van der Waals surface area contributed by atoms with Gasteiger partial charge in [-0.3, -0.25) is 4.90 Å².